The van der Waals surface area contributed by atoms with Crippen LogP contribution in [0.25, 0.3) is 22.3 Å². The van der Waals surface area contributed by atoms with Crippen molar-refractivity contribution in [3.63, 3.8) is 0 Å². The number of methoxy groups -OCH3 is 1. The number of para-hydroxylation sites is 2. The summed E-state index contributed by atoms with van der Waals surface area (Å²) < 4.78 is 6.57. The number of amides is 1. The molecule has 0 saturated heterocycles. The SMILES string of the molecule is COc1ccc(-c2n[nH]c(C)c2CC(=O)NCCn2c(=O)c(=O)[nH]c3ccccc32)cc1. The number of aromatic amines is 2. The van der Waals surface area contributed by atoms with Crippen LogP contribution in [0, 0.1) is 6.92 Å². The van der Waals surface area contributed by atoms with Gasteiger partial charge in [0.2, 0.25) is 5.91 Å². The highest BCUT2D eigenvalue weighted by Gasteiger charge is 2.16. The Kier molecular flexibility index (Phi) is 5.89. The van der Waals surface area contributed by atoms with Crippen LogP contribution in [0.5, 0.6) is 5.75 Å². The van der Waals surface area contributed by atoms with Gasteiger partial charge in [0.15, 0.2) is 0 Å². The molecule has 0 unspecified atom stereocenters. The number of ether oxygens (including phenoxy) is 1. The Hall–Kier alpha value is -4.14. The number of carbonyl (C=O) groups excluding carboxylic acids is 1. The van der Waals surface area contributed by atoms with Crippen molar-refractivity contribution in [1.82, 2.24) is 25.1 Å². The zero-order chi connectivity index (χ0) is 22.7. The third-order valence-corrected chi connectivity index (χ3v) is 5.31. The summed E-state index contributed by atoms with van der Waals surface area (Å²) in [4.78, 5) is 39.4. The second-order valence-corrected chi connectivity index (χ2v) is 7.36. The van der Waals surface area contributed by atoms with E-state index in [1.807, 2.05) is 31.2 Å². The van der Waals surface area contributed by atoms with Gasteiger partial charge < -0.3 is 19.6 Å². The molecule has 1 amide bonds. The number of aryl methyl sites for hydroxylation is 1. The Morgan fingerprint density at radius 1 is 1.12 bits per heavy atom. The van der Waals surface area contributed by atoms with Crippen molar-refractivity contribution < 1.29 is 9.53 Å². The normalized spacial score (nSPS) is 10.9. The Labute approximate surface area is 183 Å². The van der Waals surface area contributed by atoms with E-state index in [1.54, 1.807) is 31.4 Å². The van der Waals surface area contributed by atoms with Crippen molar-refractivity contribution in [2.24, 2.45) is 0 Å². The molecular weight excluding hydrogens is 410 g/mol. The minimum Gasteiger partial charge on any atom is -0.497 e. The number of H-pyrrole nitrogens is 2. The van der Waals surface area contributed by atoms with Crippen LogP contribution in [-0.2, 0) is 17.8 Å². The second kappa shape index (κ2) is 8.93. The van der Waals surface area contributed by atoms with Gasteiger partial charge in [-0.25, -0.2) is 0 Å². The summed E-state index contributed by atoms with van der Waals surface area (Å²) in [5, 5.41) is 10.1. The lowest BCUT2D eigenvalue weighted by molar-refractivity contribution is -0.120. The summed E-state index contributed by atoms with van der Waals surface area (Å²) in [5.41, 5.74) is 3.03. The summed E-state index contributed by atoms with van der Waals surface area (Å²) in [5.74, 6) is 0.536. The second-order valence-electron chi connectivity index (χ2n) is 7.36. The summed E-state index contributed by atoms with van der Waals surface area (Å²) in [6.45, 7) is 2.26. The number of benzene rings is 2. The van der Waals surface area contributed by atoms with E-state index in [4.69, 9.17) is 4.74 Å². The van der Waals surface area contributed by atoms with Gasteiger partial charge in [0.25, 0.3) is 0 Å². The van der Waals surface area contributed by atoms with Gasteiger partial charge in [-0.15, -0.1) is 0 Å². The molecular formula is C23H23N5O4. The fraction of sp³-hybridized carbons (Fsp3) is 0.217. The summed E-state index contributed by atoms with van der Waals surface area (Å²) >= 11 is 0. The summed E-state index contributed by atoms with van der Waals surface area (Å²) in [7, 11) is 1.60. The van der Waals surface area contributed by atoms with Crippen molar-refractivity contribution in [1.29, 1.82) is 0 Å². The number of nitrogens with zero attached hydrogens (tertiary/aromatic N) is 2. The van der Waals surface area contributed by atoms with Crippen LogP contribution in [0.2, 0.25) is 0 Å². The Morgan fingerprint density at radius 2 is 1.88 bits per heavy atom. The molecule has 0 aliphatic carbocycles. The molecule has 0 fully saturated rings. The average molecular weight is 433 g/mol. The first-order valence-corrected chi connectivity index (χ1v) is 10.1. The number of aromatic nitrogens is 4. The van der Waals surface area contributed by atoms with Crippen molar-refractivity contribution >= 4 is 16.9 Å². The number of carbonyl (C=O) groups is 1. The zero-order valence-electron chi connectivity index (χ0n) is 17.8. The molecule has 4 rings (SSSR count). The fourth-order valence-electron chi connectivity index (χ4n) is 3.63. The molecule has 0 aliphatic heterocycles. The number of rotatable bonds is 7. The molecule has 164 valence electrons. The number of hydrogen-bond acceptors (Lipinski definition) is 5. The average Bonchev–Trinajstić information content (AvgIpc) is 3.16. The lowest BCUT2D eigenvalue weighted by Gasteiger charge is -2.11. The molecule has 2 aromatic heterocycles. The molecule has 0 atom stereocenters. The molecule has 0 saturated carbocycles. The number of nitrogens with one attached hydrogen (secondary N) is 3. The first-order chi connectivity index (χ1) is 15.5. The monoisotopic (exact) mass is 433 g/mol. The molecule has 0 spiro atoms. The maximum atomic E-state index is 12.6. The van der Waals surface area contributed by atoms with Crippen LogP contribution in [0.3, 0.4) is 0 Å². The van der Waals surface area contributed by atoms with E-state index >= 15 is 0 Å². The number of hydrogen-bond donors (Lipinski definition) is 3. The topological polar surface area (TPSA) is 122 Å². The highest BCUT2D eigenvalue weighted by Crippen LogP contribution is 2.26. The first-order valence-electron chi connectivity index (χ1n) is 10.1. The molecule has 3 N–H and O–H groups in total. The van der Waals surface area contributed by atoms with Gasteiger partial charge in [0, 0.05) is 29.9 Å². The van der Waals surface area contributed by atoms with Crippen LogP contribution in [0.1, 0.15) is 11.3 Å². The molecule has 4 aromatic rings. The van der Waals surface area contributed by atoms with E-state index in [0.29, 0.717) is 16.7 Å². The van der Waals surface area contributed by atoms with Gasteiger partial charge in [-0.1, -0.05) is 12.1 Å². The molecule has 0 bridgehead atoms. The lowest BCUT2D eigenvalue weighted by Crippen LogP contribution is -2.39. The third-order valence-electron chi connectivity index (χ3n) is 5.31. The maximum absolute atomic E-state index is 12.6. The predicted molar refractivity (Wildman–Crippen MR) is 121 cm³/mol. The molecule has 0 radical (unpaired) electrons. The van der Waals surface area contributed by atoms with Crippen LogP contribution in [-0.4, -0.2) is 39.3 Å². The molecule has 32 heavy (non-hydrogen) atoms. The van der Waals surface area contributed by atoms with Crippen molar-refractivity contribution in [2.45, 2.75) is 19.9 Å². The highest BCUT2D eigenvalue weighted by molar-refractivity contribution is 5.81. The Morgan fingerprint density at radius 3 is 2.62 bits per heavy atom. The largest absolute Gasteiger partial charge is 0.497 e. The van der Waals surface area contributed by atoms with E-state index in [2.05, 4.69) is 20.5 Å². The molecule has 9 nitrogen and oxygen atoms in total. The number of fused-ring (bicyclic) bond motifs is 1. The molecule has 2 heterocycles. The molecule has 2 aromatic carbocycles. The van der Waals surface area contributed by atoms with Gasteiger partial charge in [0.05, 0.1) is 30.3 Å². The summed E-state index contributed by atoms with van der Waals surface area (Å²) in [6.07, 6.45) is 0.134. The van der Waals surface area contributed by atoms with E-state index in [-0.39, 0.29) is 25.4 Å². The highest BCUT2D eigenvalue weighted by atomic mass is 16.5. The van der Waals surface area contributed by atoms with Crippen molar-refractivity contribution in [3.8, 4) is 17.0 Å². The van der Waals surface area contributed by atoms with E-state index < -0.39 is 11.1 Å². The van der Waals surface area contributed by atoms with E-state index in [1.165, 1.54) is 4.57 Å². The quantitative estimate of drug-likeness (QED) is 0.384. The standard InChI is InChI=1S/C23H23N5O4/c1-14-17(21(27-26-14)15-7-9-16(32-2)10-8-15)13-20(29)24-11-12-28-19-6-4-3-5-18(19)25-22(30)23(28)31/h3-10H,11-13H2,1-2H3,(H,24,29)(H,25,30)(H,26,27). The molecule has 9 heteroatoms. The van der Waals surface area contributed by atoms with E-state index in [0.717, 1.165) is 22.6 Å². The minimum absolute atomic E-state index is 0.134. The molecule has 0 aliphatic rings. The predicted octanol–water partition coefficient (Wildman–Crippen LogP) is 1.76. The zero-order valence-corrected chi connectivity index (χ0v) is 17.8. The Bertz CT molecular complexity index is 1380. The van der Waals surface area contributed by atoms with Crippen molar-refractivity contribution in [3.05, 3.63) is 80.5 Å². The van der Waals surface area contributed by atoms with Gasteiger partial charge >= 0.3 is 11.1 Å². The van der Waals surface area contributed by atoms with Gasteiger partial charge in [-0.3, -0.25) is 19.5 Å². The van der Waals surface area contributed by atoms with Crippen LogP contribution >= 0.6 is 0 Å². The smallest absolute Gasteiger partial charge is 0.316 e. The van der Waals surface area contributed by atoms with Crippen molar-refractivity contribution in [2.75, 3.05) is 13.7 Å². The lowest BCUT2D eigenvalue weighted by atomic mass is 10.0. The van der Waals surface area contributed by atoms with Gasteiger partial charge in [-0.05, 0) is 43.3 Å². The van der Waals surface area contributed by atoms with Gasteiger partial charge in [-0.2, -0.15) is 5.10 Å². The first kappa shape index (κ1) is 21.1. The third kappa shape index (κ3) is 4.18. The Balaban J connectivity index is 1.46. The van der Waals surface area contributed by atoms with Gasteiger partial charge in [0.1, 0.15) is 5.75 Å². The maximum Gasteiger partial charge on any atom is 0.316 e. The van der Waals surface area contributed by atoms with Crippen LogP contribution in [0.4, 0.5) is 0 Å². The van der Waals surface area contributed by atoms with Crippen LogP contribution in [0.15, 0.2) is 58.1 Å². The minimum atomic E-state index is -0.687. The van der Waals surface area contributed by atoms with E-state index in [9.17, 15) is 14.4 Å². The summed E-state index contributed by atoms with van der Waals surface area (Å²) in [6, 6.07) is 14.5. The van der Waals surface area contributed by atoms with Crippen LogP contribution < -0.4 is 21.2 Å². The fourth-order valence-corrected chi connectivity index (χ4v) is 3.63.